The molecule has 0 aromatic heterocycles. The number of aldehydes is 1. The maximum absolute atomic E-state index is 10.3. The normalized spacial score (nSPS) is 23.6. The van der Waals surface area contributed by atoms with Crippen molar-refractivity contribution in [1.29, 1.82) is 0 Å². The third-order valence-electron chi connectivity index (χ3n) is 1.26. The average Bonchev–Trinajstić information content (AvgIpc) is 2.31. The highest BCUT2D eigenvalue weighted by molar-refractivity contribution is 5.62. The predicted octanol–water partition coefficient (Wildman–Crippen LogP) is 0.501. The highest BCUT2D eigenvalue weighted by Gasteiger charge is 2.23. The Kier molecular flexibility index (Phi) is 2.25. The van der Waals surface area contributed by atoms with Crippen LogP contribution in [0.5, 0.6) is 0 Å². The molecule has 10 heavy (non-hydrogen) atoms. The van der Waals surface area contributed by atoms with Gasteiger partial charge in [0.25, 0.3) is 0 Å². The molecule has 56 valence electrons. The van der Waals surface area contributed by atoms with E-state index in [1.54, 1.807) is 0 Å². The molecule has 1 heterocycles. The van der Waals surface area contributed by atoms with E-state index in [4.69, 9.17) is 0 Å². The topological polar surface area (TPSA) is 52.6 Å². The molecule has 1 rings (SSSR count). The number of carbonyl (C=O) groups excluding carboxylic acids is 2. The molecule has 0 spiro atoms. The highest BCUT2D eigenvalue weighted by atomic mass is 16.8. The summed E-state index contributed by atoms with van der Waals surface area (Å²) in [5.41, 5.74) is 0. The van der Waals surface area contributed by atoms with Gasteiger partial charge in [0.15, 0.2) is 0 Å². The predicted molar refractivity (Wildman–Crippen MR) is 31.5 cm³/mol. The maximum atomic E-state index is 10.3. The van der Waals surface area contributed by atoms with Crippen LogP contribution in [-0.2, 0) is 14.3 Å². The van der Waals surface area contributed by atoms with Crippen LogP contribution < -0.4 is 0 Å². The van der Waals surface area contributed by atoms with Crippen LogP contribution in [0.4, 0.5) is 4.79 Å². The van der Waals surface area contributed by atoms with Crippen molar-refractivity contribution in [3.63, 3.8) is 0 Å². The molecule has 4 heteroatoms. The van der Waals surface area contributed by atoms with Gasteiger partial charge in [0.05, 0.1) is 0 Å². The summed E-state index contributed by atoms with van der Waals surface area (Å²) in [6.45, 7) is 0.284. The molecule has 0 saturated carbocycles. The van der Waals surface area contributed by atoms with Crippen molar-refractivity contribution < 1.29 is 19.1 Å². The molecule has 1 aliphatic rings. The molecule has 1 fully saturated rings. The quantitative estimate of drug-likeness (QED) is 0.427. The Hall–Kier alpha value is -1.06. The third kappa shape index (κ3) is 1.72. The lowest BCUT2D eigenvalue weighted by molar-refractivity contribution is -0.108. The smallest absolute Gasteiger partial charge is 0.430 e. The van der Waals surface area contributed by atoms with E-state index in [1.807, 2.05) is 0 Å². The zero-order valence-corrected chi connectivity index (χ0v) is 5.41. The molecular formula is C6H8O4. The summed E-state index contributed by atoms with van der Waals surface area (Å²) in [6, 6.07) is 0. The molecule has 1 atom stereocenters. The summed E-state index contributed by atoms with van der Waals surface area (Å²) in [7, 11) is 0. The van der Waals surface area contributed by atoms with Gasteiger partial charge < -0.3 is 14.3 Å². The molecule has 1 saturated heterocycles. The summed E-state index contributed by atoms with van der Waals surface area (Å²) >= 11 is 0. The minimum Gasteiger partial charge on any atom is -0.430 e. The fourth-order valence-electron chi connectivity index (χ4n) is 0.761. The molecule has 0 aromatic carbocycles. The second kappa shape index (κ2) is 3.20. The molecule has 0 N–H and O–H groups in total. The summed E-state index contributed by atoms with van der Waals surface area (Å²) < 4.78 is 9.13. The van der Waals surface area contributed by atoms with Crippen molar-refractivity contribution in [2.75, 3.05) is 6.61 Å². The Morgan fingerprint density at radius 2 is 2.50 bits per heavy atom. The molecule has 0 aromatic rings. The van der Waals surface area contributed by atoms with Crippen LogP contribution in [0.1, 0.15) is 12.8 Å². The van der Waals surface area contributed by atoms with Gasteiger partial charge in [-0.25, -0.2) is 4.79 Å². The van der Waals surface area contributed by atoms with Gasteiger partial charge in [-0.1, -0.05) is 0 Å². The SMILES string of the molecule is O=CCC[C@@H]1COC(=O)O1. The van der Waals surface area contributed by atoms with Crippen molar-refractivity contribution in [3.05, 3.63) is 0 Å². The second-order valence-corrected chi connectivity index (χ2v) is 2.04. The van der Waals surface area contributed by atoms with Crippen LogP contribution in [-0.4, -0.2) is 25.2 Å². The molecule has 4 nitrogen and oxygen atoms in total. The van der Waals surface area contributed by atoms with Gasteiger partial charge in [-0.05, 0) is 6.42 Å². The number of ether oxygens (including phenoxy) is 2. The fraction of sp³-hybridized carbons (Fsp3) is 0.667. The van der Waals surface area contributed by atoms with Crippen LogP contribution >= 0.6 is 0 Å². The standard InChI is InChI=1S/C6H8O4/c7-3-1-2-5-4-9-6(8)10-5/h3,5H,1-2,4H2/t5-/m1/s1. The monoisotopic (exact) mass is 144 g/mol. The number of rotatable bonds is 3. The minimum absolute atomic E-state index is 0.210. The van der Waals surface area contributed by atoms with Crippen molar-refractivity contribution >= 4 is 12.4 Å². The van der Waals surface area contributed by atoms with Crippen LogP contribution in [0.15, 0.2) is 0 Å². The van der Waals surface area contributed by atoms with Gasteiger partial charge >= 0.3 is 6.16 Å². The Balaban J connectivity index is 2.18. The highest BCUT2D eigenvalue weighted by Crippen LogP contribution is 2.10. The van der Waals surface area contributed by atoms with Gasteiger partial charge in [-0.15, -0.1) is 0 Å². The van der Waals surface area contributed by atoms with Crippen LogP contribution in [0.25, 0.3) is 0 Å². The Bertz CT molecular complexity index is 143. The summed E-state index contributed by atoms with van der Waals surface area (Å²) in [5.74, 6) is 0. The van der Waals surface area contributed by atoms with E-state index in [9.17, 15) is 9.59 Å². The van der Waals surface area contributed by atoms with E-state index in [-0.39, 0.29) is 12.7 Å². The number of carbonyl (C=O) groups is 2. The van der Waals surface area contributed by atoms with Gasteiger partial charge in [0.1, 0.15) is 19.0 Å². The fourth-order valence-corrected chi connectivity index (χ4v) is 0.761. The van der Waals surface area contributed by atoms with Crippen molar-refractivity contribution in [2.24, 2.45) is 0 Å². The number of hydrogen-bond donors (Lipinski definition) is 0. The van der Waals surface area contributed by atoms with Gasteiger partial charge in [-0.2, -0.15) is 0 Å². The number of cyclic esters (lactones) is 2. The van der Waals surface area contributed by atoms with Crippen molar-refractivity contribution in [1.82, 2.24) is 0 Å². The number of hydrogen-bond acceptors (Lipinski definition) is 4. The summed E-state index contributed by atoms with van der Waals surface area (Å²) in [5, 5.41) is 0. The first-order valence-corrected chi connectivity index (χ1v) is 3.10. The Morgan fingerprint density at radius 3 is 3.00 bits per heavy atom. The lowest BCUT2D eigenvalue weighted by Gasteiger charge is -2.00. The van der Waals surface area contributed by atoms with E-state index in [0.29, 0.717) is 12.8 Å². The van der Waals surface area contributed by atoms with E-state index in [1.165, 1.54) is 0 Å². The van der Waals surface area contributed by atoms with Crippen molar-refractivity contribution in [2.45, 2.75) is 18.9 Å². The lowest BCUT2D eigenvalue weighted by Crippen LogP contribution is -2.09. The zero-order chi connectivity index (χ0) is 7.40. The molecule has 0 unspecified atom stereocenters. The van der Waals surface area contributed by atoms with Crippen molar-refractivity contribution in [3.8, 4) is 0 Å². The molecular weight excluding hydrogens is 136 g/mol. The van der Waals surface area contributed by atoms with Crippen LogP contribution in [0.3, 0.4) is 0 Å². The van der Waals surface area contributed by atoms with E-state index in [0.717, 1.165) is 6.29 Å². The van der Waals surface area contributed by atoms with Gasteiger partial charge in [0.2, 0.25) is 0 Å². The van der Waals surface area contributed by atoms with E-state index < -0.39 is 6.16 Å². The maximum Gasteiger partial charge on any atom is 0.508 e. The van der Waals surface area contributed by atoms with Gasteiger partial charge in [-0.3, -0.25) is 0 Å². The van der Waals surface area contributed by atoms with E-state index in [2.05, 4.69) is 9.47 Å². The first kappa shape index (κ1) is 7.05. The Morgan fingerprint density at radius 1 is 1.70 bits per heavy atom. The van der Waals surface area contributed by atoms with Gasteiger partial charge in [0, 0.05) is 6.42 Å². The largest absolute Gasteiger partial charge is 0.508 e. The Labute approximate surface area is 58.1 Å². The summed E-state index contributed by atoms with van der Waals surface area (Å²) in [4.78, 5) is 20.1. The third-order valence-corrected chi connectivity index (χ3v) is 1.26. The first-order chi connectivity index (χ1) is 4.83. The molecule has 1 aliphatic heterocycles. The zero-order valence-electron chi connectivity index (χ0n) is 5.41. The lowest BCUT2D eigenvalue weighted by atomic mass is 10.2. The minimum atomic E-state index is -0.629. The molecule has 0 amide bonds. The second-order valence-electron chi connectivity index (χ2n) is 2.04. The molecule has 0 aliphatic carbocycles. The molecule has 0 radical (unpaired) electrons. The van der Waals surface area contributed by atoms with E-state index >= 15 is 0 Å². The molecule has 0 bridgehead atoms. The first-order valence-electron chi connectivity index (χ1n) is 3.10. The average molecular weight is 144 g/mol. The van der Waals surface area contributed by atoms with Crippen LogP contribution in [0.2, 0.25) is 0 Å². The summed E-state index contributed by atoms with van der Waals surface area (Å²) in [6.07, 6.45) is 0.941. The van der Waals surface area contributed by atoms with Crippen LogP contribution in [0, 0.1) is 0 Å².